The van der Waals surface area contributed by atoms with E-state index < -0.39 is 5.60 Å². The summed E-state index contributed by atoms with van der Waals surface area (Å²) in [4.78, 5) is 6.60. The molecule has 0 aromatic carbocycles. The topological polar surface area (TPSA) is 64.0 Å². The lowest BCUT2D eigenvalue weighted by molar-refractivity contribution is -0.138. The van der Waals surface area contributed by atoms with E-state index in [2.05, 4.69) is 16.9 Å². The van der Waals surface area contributed by atoms with Crippen molar-refractivity contribution in [2.45, 2.75) is 30.5 Å². The third-order valence-corrected chi connectivity index (χ3v) is 4.66. The molecule has 0 saturated carbocycles. The fourth-order valence-corrected chi connectivity index (χ4v) is 3.41. The molecule has 116 valence electrons. The van der Waals surface area contributed by atoms with E-state index in [-0.39, 0.29) is 12.1 Å². The SMILES string of the molecule is COc1ccc(C2(O)CC3COCC(C2)N3C)c(OC)n1. The molecule has 2 unspecified atom stereocenters. The van der Waals surface area contributed by atoms with Gasteiger partial charge in [-0.2, -0.15) is 4.98 Å². The molecule has 0 spiro atoms. The van der Waals surface area contributed by atoms with E-state index in [0.29, 0.717) is 37.8 Å². The van der Waals surface area contributed by atoms with Gasteiger partial charge in [-0.3, -0.25) is 4.90 Å². The van der Waals surface area contributed by atoms with Gasteiger partial charge in [0.05, 0.1) is 33.0 Å². The molecule has 2 atom stereocenters. The van der Waals surface area contributed by atoms with Gasteiger partial charge in [0.15, 0.2) is 0 Å². The highest BCUT2D eigenvalue weighted by atomic mass is 16.5. The Labute approximate surface area is 124 Å². The van der Waals surface area contributed by atoms with Crippen LogP contribution < -0.4 is 9.47 Å². The lowest BCUT2D eigenvalue weighted by Gasteiger charge is -2.50. The van der Waals surface area contributed by atoms with Crippen LogP contribution >= 0.6 is 0 Å². The summed E-state index contributed by atoms with van der Waals surface area (Å²) in [5, 5.41) is 11.2. The van der Waals surface area contributed by atoms with Gasteiger partial charge in [-0.1, -0.05) is 0 Å². The Morgan fingerprint density at radius 3 is 2.48 bits per heavy atom. The zero-order chi connectivity index (χ0) is 15.0. The summed E-state index contributed by atoms with van der Waals surface area (Å²) < 4.78 is 16.1. The number of pyridine rings is 1. The van der Waals surface area contributed by atoms with Crippen molar-refractivity contribution in [2.75, 3.05) is 34.5 Å². The maximum absolute atomic E-state index is 11.2. The molecule has 0 radical (unpaired) electrons. The monoisotopic (exact) mass is 294 g/mol. The van der Waals surface area contributed by atoms with E-state index in [1.165, 1.54) is 0 Å². The number of methoxy groups -OCH3 is 2. The van der Waals surface area contributed by atoms with Gasteiger partial charge in [0.1, 0.15) is 0 Å². The van der Waals surface area contributed by atoms with E-state index in [1.54, 1.807) is 20.3 Å². The number of hydrogen-bond acceptors (Lipinski definition) is 6. The van der Waals surface area contributed by atoms with Crippen molar-refractivity contribution >= 4 is 0 Å². The lowest BCUT2D eigenvalue weighted by atomic mass is 9.77. The molecule has 1 N–H and O–H groups in total. The number of ether oxygens (including phenoxy) is 3. The Hall–Kier alpha value is -1.37. The van der Waals surface area contributed by atoms with Crippen LogP contribution in [0.4, 0.5) is 0 Å². The van der Waals surface area contributed by atoms with Gasteiger partial charge >= 0.3 is 0 Å². The molecule has 0 amide bonds. The molecule has 2 fully saturated rings. The van der Waals surface area contributed by atoms with Crippen LogP contribution in [0.1, 0.15) is 18.4 Å². The molecule has 1 aromatic heterocycles. The van der Waals surface area contributed by atoms with E-state index in [9.17, 15) is 5.11 Å². The van der Waals surface area contributed by atoms with Gasteiger partial charge in [0.2, 0.25) is 11.8 Å². The van der Waals surface area contributed by atoms with Crippen molar-refractivity contribution in [3.63, 3.8) is 0 Å². The number of aromatic nitrogens is 1. The Morgan fingerprint density at radius 2 is 1.90 bits per heavy atom. The molecule has 0 aliphatic carbocycles. The van der Waals surface area contributed by atoms with E-state index in [1.807, 2.05) is 6.07 Å². The summed E-state index contributed by atoms with van der Waals surface area (Å²) in [6.07, 6.45) is 1.23. The van der Waals surface area contributed by atoms with Gasteiger partial charge < -0.3 is 19.3 Å². The summed E-state index contributed by atoms with van der Waals surface area (Å²) in [5.74, 6) is 0.913. The average Bonchev–Trinajstić information content (AvgIpc) is 2.48. The van der Waals surface area contributed by atoms with Crippen LogP contribution in [0.5, 0.6) is 11.8 Å². The predicted molar refractivity (Wildman–Crippen MR) is 76.6 cm³/mol. The number of morpholine rings is 1. The molecular formula is C15H22N2O4. The standard InChI is InChI=1S/C15H22N2O4/c1-17-10-6-15(18,7-11(17)9-21-8-10)12-4-5-13(19-2)16-14(12)20-3/h4-5,10-11,18H,6-9H2,1-3H3. The van der Waals surface area contributed by atoms with Crippen LogP contribution in [0.2, 0.25) is 0 Å². The maximum Gasteiger partial charge on any atom is 0.222 e. The molecular weight excluding hydrogens is 272 g/mol. The van der Waals surface area contributed by atoms with Crippen molar-refractivity contribution in [2.24, 2.45) is 0 Å². The highest BCUT2D eigenvalue weighted by molar-refractivity contribution is 5.36. The first-order valence-electron chi connectivity index (χ1n) is 7.19. The quantitative estimate of drug-likeness (QED) is 0.889. The first-order chi connectivity index (χ1) is 10.1. The highest BCUT2D eigenvalue weighted by Gasteiger charge is 2.47. The van der Waals surface area contributed by atoms with Crippen molar-refractivity contribution in [1.29, 1.82) is 0 Å². The third-order valence-electron chi connectivity index (χ3n) is 4.66. The molecule has 6 nitrogen and oxygen atoms in total. The molecule has 2 aliphatic rings. The Balaban J connectivity index is 1.95. The first-order valence-corrected chi connectivity index (χ1v) is 7.19. The van der Waals surface area contributed by atoms with E-state index >= 15 is 0 Å². The smallest absolute Gasteiger partial charge is 0.222 e. The second-order valence-electron chi connectivity index (χ2n) is 5.86. The van der Waals surface area contributed by atoms with E-state index in [0.717, 1.165) is 5.56 Å². The number of likely N-dealkylation sites (N-methyl/N-ethyl adjacent to an activating group) is 1. The highest BCUT2D eigenvalue weighted by Crippen LogP contribution is 2.43. The molecule has 2 aliphatic heterocycles. The summed E-state index contributed by atoms with van der Waals surface area (Å²) in [6, 6.07) is 4.05. The summed E-state index contributed by atoms with van der Waals surface area (Å²) in [5.41, 5.74) is -0.202. The lowest BCUT2D eigenvalue weighted by Crippen LogP contribution is -2.59. The molecule has 21 heavy (non-hydrogen) atoms. The number of aliphatic hydroxyl groups is 1. The largest absolute Gasteiger partial charge is 0.481 e. The van der Waals surface area contributed by atoms with Gasteiger partial charge in [0, 0.05) is 23.7 Å². The van der Waals surface area contributed by atoms with Crippen LogP contribution in [0.25, 0.3) is 0 Å². The van der Waals surface area contributed by atoms with Crippen LogP contribution in [0, 0.1) is 0 Å². The number of fused-ring (bicyclic) bond motifs is 2. The van der Waals surface area contributed by atoms with Crippen molar-refractivity contribution in [3.05, 3.63) is 17.7 Å². The van der Waals surface area contributed by atoms with Gasteiger partial charge in [-0.25, -0.2) is 0 Å². The van der Waals surface area contributed by atoms with Crippen molar-refractivity contribution in [3.8, 4) is 11.8 Å². The van der Waals surface area contributed by atoms with Crippen molar-refractivity contribution < 1.29 is 19.3 Å². The van der Waals surface area contributed by atoms with E-state index in [4.69, 9.17) is 14.2 Å². The number of hydrogen-bond donors (Lipinski definition) is 1. The molecule has 3 rings (SSSR count). The van der Waals surface area contributed by atoms with Gasteiger partial charge in [0.25, 0.3) is 0 Å². The Bertz CT molecular complexity index is 508. The third kappa shape index (κ3) is 2.47. The summed E-state index contributed by atoms with van der Waals surface area (Å²) in [6.45, 7) is 1.31. The molecule has 6 heteroatoms. The summed E-state index contributed by atoms with van der Waals surface area (Å²) in [7, 11) is 5.22. The Kier molecular flexibility index (Phi) is 3.77. The zero-order valence-electron chi connectivity index (χ0n) is 12.7. The number of rotatable bonds is 3. The van der Waals surface area contributed by atoms with Crippen LogP contribution in [-0.4, -0.2) is 61.6 Å². The first kappa shape index (κ1) is 14.6. The van der Waals surface area contributed by atoms with Crippen LogP contribution in [0.15, 0.2) is 12.1 Å². The normalized spacial score (nSPS) is 32.8. The van der Waals surface area contributed by atoms with Crippen LogP contribution in [0.3, 0.4) is 0 Å². The second kappa shape index (κ2) is 5.44. The van der Waals surface area contributed by atoms with Gasteiger partial charge in [-0.05, 0) is 26.0 Å². The molecule has 3 heterocycles. The zero-order valence-corrected chi connectivity index (χ0v) is 12.7. The predicted octanol–water partition coefficient (Wildman–Crippen LogP) is 0.779. The minimum atomic E-state index is -0.934. The minimum Gasteiger partial charge on any atom is -0.481 e. The fourth-order valence-electron chi connectivity index (χ4n) is 3.41. The number of piperidine rings is 1. The Morgan fingerprint density at radius 1 is 1.24 bits per heavy atom. The maximum atomic E-state index is 11.2. The van der Waals surface area contributed by atoms with Gasteiger partial charge in [-0.15, -0.1) is 0 Å². The second-order valence-corrected chi connectivity index (χ2v) is 5.86. The summed E-state index contributed by atoms with van der Waals surface area (Å²) >= 11 is 0. The van der Waals surface area contributed by atoms with Crippen molar-refractivity contribution in [1.82, 2.24) is 9.88 Å². The molecule has 2 bridgehead atoms. The van der Waals surface area contributed by atoms with Crippen LogP contribution in [-0.2, 0) is 10.3 Å². The minimum absolute atomic E-state index is 0.217. The molecule has 2 saturated heterocycles. The number of nitrogens with zero attached hydrogens (tertiary/aromatic N) is 2. The molecule has 1 aromatic rings. The fraction of sp³-hybridized carbons (Fsp3) is 0.667. The average molecular weight is 294 g/mol.